The number of rotatable bonds is 10. The molecule has 0 aromatic heterocycles. The predicted octanol–water partition coefficient (Wildman–Crippen LogP) is 4.99. The van der Waals surface area contributed by atoms with Crippen LogP contribution in [0.3, 0.4) is 0 Å². The fourth-order valence-electron chi connectivity index (χ4n) is 4.22. The van der Waals surface area contributed by atoms with Crippen molar-refractivity contribution in [3.05, 3.63) is 102 Å². The van der Waals surface area contributed by atoms with Gasteiger partial charge in [-0.05, 0) is 0 Å². The third-order valence-corrected chi connectivity index (χ3v) is 10.4. The summed E-state index contributed by atoms with van der Waals surface area (Å²) < 4.78 is 0. The minimum Gasteiger partial charge on any atom is -0.566 e. The summed E-state index contributed by atoms with van der Waals surface area (Å²) in [7, 11) is -5.27. The van der Waals surface area contributed by atoms with Crippen molar-refractivity contribution in [2.24, 2.45) is 0 Å². The zero-order valence-corrected chi connectivity index (χ0v) is 22.3. The van der Waals surface area contributed by atoms with E-state index in [0.717, 1.165) is 0 Å². The molecule has 0 aliphatic rings. The Labute approximate surface area is 201 Å². The van der Waals surface area contributed by atoms with Crippen molar-refractivity contribution in [2.45, 2.75) is 62.7 Å². The highest BCUT2D eigenvalue weighted by Crippen LogP contribution is 2.33. The fourth-order valence-corrected chi connectivity index (χ4v) is 8.02. The van der Waals surface area contributed by atoms with E-state index in [1.54, 1.807) is 99.9 Å². The quantitative estimate of drug-likeness (QED) is 0.147. The first-order valence-corrected chi connectivity index (χ1v) is 18.1. The molecule has 0 spiro atoms. The van der Waals surface area contributed by atoms with Gasteiger partial charge >= 0.3 is 12.1 Å². The SMILES string of the molecule is C[Si](C)(C)C(C(c1ccccc1)/[N+]([O-])=[N+](/[O-])C(c1ccccc1)C([N+](=O)[O-])[Si](C)(C)C)[N+](=O)[O-]. The fraction of sp³-hybridized carbons (Fsp3) is 0.455. The van der Waals surface area contributed by atoms with Gasteiger partial charge in [-0.15, -0.1) is 0 Å². The van der Waals surface area contributed by atoms with E-state index in [4.69, 9.17) is 0 Å². The Morgan fingerprint density at radius 2 is 0.824 bits per heavy atom. The van der Waals surface area contributed by atoms with E-state index >= 15 is 0 Å². The van der Waals surface area contributed by atoms with Gasteiger partial charge in [-0.3, -0.25) is 20.2 Å². The average Bonchev–Trinajstić information content (AvgIpc) is 2.73. The van der Waals surface area contributed by atoms with Crippen molar-refractivity contribution >= 4 is 16.1 Å². The van der Waals surface area contributed by atoms with Crippen LogP contribution in [0, 0.1) is 30.6 Å². The molecule has 10 nitrogen and oxygen atoms in total. The maximum atomic E-state index is 13.7. The largest absolute Gasteiger partial charge is 0.566 e. The van der Waals surface area contributed by atoms with E-state index in [0.29, 0.717) is 11.1 Å². The van der Waals surface area contributed by atoms with E-state index < -0.39 is 49.4 Å². The summed E-state index contributed by atoms with van der Waals surface area (Å²) in [5.74, 6) is 0. The highest BCUT2D eigenvalue weighted by molar-refractivity contribution is 6.77. The van der Waals surface area contributed by atoms with Crippen molar-refractivity contribution in [3.8, 4) is 0 Å². The first kappa shape index (κ1) is 27.1. The molecule has 0 fully saturated rings. The van der Waals surface area contributed by atoms with Crippen LogP contribution < -0.4 is 0 Å². The third-order valence-electron chi connectivity index (χ3n) is 5.78. The van der Waals surface area contributed by atoms with Crippen LogP contribution in [0.15, 0.2) is 60.7 Å². The molecule has 2 rings (SSSR count). The van der Waals surface area contributed by atoms with Crippen LogP contribution in [-0.2, 0) is 0 Å². The minimum absolute atomic E-state index is 0.0648. The Hall–Kier alpha value is -3.13. The van der Waals surface area contributed by atoms with Crippen molar-refractivity contribution in [1.29, 1.82) is 0 Å². The number of azo groups is 1. The zero-order chi connectivity index (χ0) is 25.8. The van der Waals surface area contributed by atoms with E-state index in [1.807, 2.05) is 0 Å². The van der Waals surface area contributed by atoms with Crippen LogP contribution in [-0.4, -0.2) is 47.0 Å². The smallest absolute Gasteiger partial charge is 0.315 e. The monoisotopic (exact) mass is 504 g/mol. The van der Waals surface area contributed by atoms with Gasteiger partial charge in [0, 0.05) is 21.0 Å². The Balaban J connectivity index is 2.87. The van der Waals surface area contributed by atoms with Gasteiger partial charge in [0.1, 0.15) is 16.1 Å². The van der Waals surface area contributed by atoms with Crippen LogP contribution in [0.4, 0.5) is 0 Å². The maximum absolute atomic E-state index is 13.7. The molecule has 0 heterocycles. The molecular weight excluding hydrogens is 472 g/mol. The summed E-state index contributed by atoms with van der Waals surface area (Å²) in [5.41, 5.74) is -2.00. The lowest BCUT2D eigenvalue weighted by atomic mass is 10.1. The van der Waals surface area contributed by atoms with Crippen LogP contribution in [0.2, 0.25) is 39.3 Å². The van der Waals surface area contributed by atoms with Gasteiger partial charge in [-0.1, -0.05) is 99.9 Å². The molecular formula is C22H32N4O6Si2. The summed E-state index contributed by atoms with van der Waals surface area (Å²) >= 11 is 0. The number of hydrogen-bond acceptors (Lipinski definition) is 6. The Morgan fingerprint density at radius 1 is 0.559 bits per heavy atom. The molecule has 0 N–H and O–H groups in total. The Bertz CT molecular complexity index is 955. The molecule has 34 heavy (non-hydrogen) atoms. The summed E-state index contributed by atoms with van der Waals surface area (Å²) in [6.07, 6.45) is 0. The van der Waals surface area contributed by atoms with Gasteiger partial charge in [0.25, 0.3) is 11.3 Å². The van der Waals surface area contributed by atoms with Gasteiger partial charge in [-0.2, -0.15) is 0 Å². The molecule has 0 saturated carbocycles. The molecule has 0 aliphatic heterocycles. The molecule has 4 atom stereocenters. The number of hydroxylamine groups is 2. The highest BCUT2D eigenvalue weighted by Gasteiger charge is 2.56. The molecule has 12 heteroatoms. The first-order chi connectivity index (χ1) is 15.7. The van der Waals surface area contributed by atoms with Crippen LogP contribution in [0.25, 0.3) is 0 Å². The van der Waals surface area contributed by atoms with Crippen molar-refractivity contribution in [2.75, 3.05) is 0 Å². The Kier molecular flexibility index (Phi) is 8.32. The number of benzene rings is 2. The second kappa shape index (κ2) is 10.4. The number of hydrogen-bond donors (Lipinski definition) is 0. The van der Waals surface area contributed by atoms with Crippen molar-refractivity contribution in [3.63, 3.8) is 0 Å². The molecule has 0 bridgehead atoms. The number of nitrogens with zero attached hydrogens (tertiary/aromatic N) is 4. The van der Waals surface area contributed by atoms with Crippen LogP contribution in [0.1, 0.15) is 23.2 Å². The molecule has 4 unspecified atom stereocenters. The average molecular weight is 505 g/mol. The van der Waals surface area contributed by atoms with Crippen LogP contribution in [0.5, 0.6) is 0 Å². The van der Waals surface area contributed by atoms with Gasteiger partial charge in [0.2, 0.25) is 0 Å². The topological polar surface area (TPSA) is 138 Å². The van der Waals surface area contributed by atoms with Crippen molar-refractivity contribution < 1.29 is 19.6 Å². The predicted molar refractivity (Wildman–Crippen MR) is 134 cm³/mol. The van der Waals surface area contributed by atoms with Crippen LogP contribution >= 0.6 is 0 Å². The lowest BCUT2D eigenvalue weighted by Crippen LogP contribution is -2.54. The molecule has 0 radical (unpaired) electrons. The maximum Gasteiger partial charge on any atom is 0.315 e. The number of nitro groups is 2. The van der Waals surface area contributed by atoms with E-state index in [2.05, 4.69) is 0 Å². The molecule has 0 saturated heterocycles. The summed E-state index contributed by atoms with van der Waals surface area (Å²) in [4.78, 5) is 23.5. The van der Waals surface area contributed by atoms with Gasteiger partial charge in [0.05, 0.1) is 9.72 Å². The molecule has 2 aromatic rings. The summed E-state index contributed by atoms with van der Waals surface area (Å²) in [6, 6.07) is 13.4. The molecule has 2 aromatic carbocycles. The minimum atomic E-state index is -2.64. The van der Waals surface area contributed by atoms with E-state index in [9.17, 15) is 30.6 Å². The summed E-state index contributed by atoms with van der Waals surface area (Å²) in [5, 5.41) is 51.9. The normalized spacial score (nSPS) is 16.6. The first-order valence-electron chi connectivity index (χ1n) is 11.0. The molecule has 0 aliphatic carbocycles. The van der Waals surface area contributed by atoms with Gasteiger partial charge in [-0.25, -0.2) is 0 Å². The summed E-state index contributed by atoms with van der Waals surface area (Å²) in [6.45, 7) is 10.6. The lowest BCUT2D eigenvalue weighted by molar-refractivity contribution is -1.01. The van der Waals surface area contributed by atoms with Gasteiger partial charge < -0.3 is 10.4 Å². The van der Waals surface area contributed by atoms with Gasteiger partial charge in [0.15, 0.2) is 0 Å². The lowest BCUT2D eigenvalue weighted by Gasteiger charge is -2.28. The zero-order valence-electron chi connectivity index (χ0n) is 20.3. The molecule has 0 amide bonds. The van der Waals surface area contributed by atoms with E-state index in [1.165, 1.54) is 0 Å². The highest BCUT2D eigenvalue weighted by atomic mass is 28.3. The Morgan fingerprint density at radius 3 is 1.03 bits per heavy atom. The third kappa shape index (κ3) is 6.05. The van der Waals surface area contributed by atoms with E-state index in [-0.39, 0.29) is 9.72 Å². The second-order valence-electron chi connectivity index (χ2n) is 10.5. The second-order valence-corrected chi connectivity index (χ2v) is 21.2. The van der Waals surface area contributed by atoms with Crippen molar-refractivity contribution in [1.82, 2.24) is 0 Å². The standard InChI is InChI=1S/C22H32N4O6Si2/c1-33(2,3)21(25(29)30)19(17-13-9-7-10-14-17)23(27)24(28)20(18-15-11-8-12-16-18)22(26(31)32)34(4,5)6/h7-16,19-22H,1-6H3/b24-23-. The molecule has 184 valence electrons.